The van der Waals surface area contributed by atoms with Crippen LogP contribution in [0.3, 0.4) is 0 Å². The largest absolute Gasteiger partial charge is 0.508 e. The van der Waals surface area contributed by atoms with Crippen molar-refractivity contribution in [3.8, 4) is 11.5 Å². The molecule has 0 aliphatic carbocycles. The van der Waals surface area contributed by atoms with Gasteiger partial charge < -0.3 is 9.84 Å². The van der Waals surface area contributed by atoms with Crippen LogP contribution >= 0.6 is 0 Å². The standard InChI is InChI=1S/C19H24FN3O2/c1-5-7-14(3)22-23(4)18-11-10-17(19(20)21-18)25-12-15-13(2)8-6-9-16(15)24/h6,8-11,24H,5,7,12H2,1-4H3/b22-14-. The summed E-state index contributed by atoms with van der Waals surface area (Å²) >= 11 is 0. The number of hydrazone groups is 1. The molecule has 0 aliphatic heterocycles. The molecule has 1 heterocycles. The molecule has 2 aromatic rings. The summed E-state index contributed by atoms with van der Waals surface area (Å²) in [7, 11) is 1.73. The number of aromatic nitrogens is 1. The molecule has 0 aliphatic rings. The molecule has 134 valence electrons. The summed E-state index contributed by atoms with van der Waals surface area (Å²) in [6.07, 6.45) is 1.89. The summed E-state index contributed by atoms with van der Waals surface area (Å²) in [4.78, 5) is 3.91. The minimum absolute atomic E-state index is 0.0362. The average molecular weight is 345 g/mol. The third-order valence-electron chi connectivity index (χ3n) is 3.82. The fourth-order valence-electron chi connectivity index (χ4n) is 2.44. The molecule has 0 atom stereocenters. The van der Waals surface area contributed by atoms with Crippen LogP contribution in [0, 0.1) is 12.9 Å². The van der Waals surface area contributed by atoms with Gasteiger partial charge in [-0.15, -0.1) is 0 Å². The van der Waals surface area contributed by atoms with Crippen molar-refractivity contribution in [2.24, 2.45) is 5.10 Å². The molecule has 0 saturated carbocycles. The van der Waals surface area contributed by atoms with E-state index in [-0.39, 0.29) is 18.1 Å². The molecule has 6 heteroatoms. The second-order valence-electron chi connectivity index (χ2n) is 5.93. The minimum atomic E-state index is -0.708. The summed E-state index contributed by atoms with van der Waals surface area (Å²) < 4.78 is 19.7. The molecule has 2 rings (SSSR count). The van der Waals surface area contributed by atoms with Crippen LogP contribution in [0.2, 0.25) is 0 Å². The molecule has 0 radical (unpaired) electrons. The lowest BCUT2D eigenvalue weighted by Gasteiger charge is -2.15. The summed E-state index contributed by atoms with van der Waals surface area (Å²) in [6.45, 7) is 5.94. The van der Waals surface area contributed by atoms with Crippen molar-refractivity contribution >= 4 is 11.5 Å². The fraction of sp³-hybridized carbons (Fsp3) is 0.368. The molecule has 5 nitrogen and oxygen atoms in total. The highest BCUT2D eigenvalue weighted by molar-refractivity contribution is 5.82. The van der Waals surface area contributed by atoms with Crippen molar-refractivity contribution < 1.29 is 14.2 Å². The van der Waals surface area contributed by atoms with Gasteiger partial charge in [-0.1, -0.05) is 25.5 Å². The number of ether oxygens (including phenoxy) is 1. The number of nitrogens with zero attached hydrogens (tertiary/aromatic N) is 3. The number of aryl methyl sites for hydroxylation is 1. The highest BCUT2D eigenvalue weighted by Gasteiger charge is 2.11. The SMILES string of the molecule is CCC/C(C)=N\N(C)c1ccc(OCc2c(C)cccc2O)c(F)n1. The minimum Gasteiger partial charge on any atom is -0.508 e. The van der Waals surface area contributed by atoms with Crippen LogP contribution in [-0.2, 0) is 6.61 Å². The van der Waals surface area contributed by atoms with E-state index in [4.69, 9.17) is 4.74 Å². The maximum Gasteiger partial charge on any atom is 0.257 e. The third-order valence-corrected chi connectivity index (χ3v) is 3.82. The number of hydrogen-bond acceptors (Lipinski definition) is 5. The van der Waals surface area contributed by atoms with Gasteiger partial charge in [0, 0.05) is 18.3 Å². The highest BCUT2D eigenvalue weighted by atomic mass is 19.1. The van der Waals surface area contributed by atoms with Gasteiger partial charge in [0.2, 0.25) is 0 Å². The Labute approximate surface area is 147 Å². The number of phenols is 1. The number of pyridine rings is 1. The zero-order valence-electron chi connectivity index (χ0n) is 15.1. The van der Waals surface area contributed by atoms with Crippen LogP contribution < -0.4 is 9.75 Å². The van der Waals surface area contributed by atoms with E-state index in [2.05, 4.69) is 17.0 Å². The maximum atomic E-state index is 14.2. The normalized spacial score (nSPS) is 11.5. The fourth-order valence-corrected chi connectivity index (χ4v) is 2.44. The summed E-state index contributed by atoms with van der Waals surface area (Å²) in [6, 6.07) is 8.37. The van der Waals surface area contributed by atoms with Gasteiger partial charge in [-0.2, -0.15) is 14.5 Å². The first-order chi connectivity index (χ1) is 11.9. The van der Waals surface area contributed by atoms with E-state index in [1.807, 2.05) is 19.9 Å². The molecule has 0 fully saturated rings. The lowest BCUT2D eigenvalue weighted by molar-refractivity contribution is 0.279. The van der Waals surface area contributed by atoms with Crippen molar-refractivity contribution in [2.75, 3.05) is 12.1 Å². The van der Waals surface area contributed by atoms with E-state index in [1.165, 1.54) is 6.07 Å². The van der Waals surface area contributed by atoms with E-state index < -0.39 is 5.95 Å². The first kappa shape index (κ1) is 18.7. The average Bonchev–Trinajstić information content (AvgIpc) is 2.55. The van der Waals surface area contributed by atoms with Crippen LogP contribution in [0.5, 0.6) is 11.5 Å². The van der Waals surface area contributed by atoms with Crippen molar-refractivity contribution in [3.63, 3.8) is 0 Å². The quantitative estimate of drug-likeness (QED) is 0.458. The summed E-state index contributed by atoms with van der Waals surface area (Å²) in [5.41, 5.74) is 2.47. The van der Waals surface area contributed by atoms with Gasteiger partial charge in [0.05, 0.1) is 0 Å². The Morgan fingerprint density at radius 1 is 1.32 bits per heavy atom. The van der Waals surface area contributed by atoms with Gasteiger partial charge in [0.25, 0.3) is 5.95 Å². The van der Waals surface area contributed by atoms with Crippen LogP contribution in [0.4, 0.5) is 10.2 Å². The molecule has 0 amide bonds. The Morgan fingerprint density at radius 2 is 2.08 bits per heavy atom. The van der Waals surface area contributed by atoms with Crippen molar-refractivity contribution in [1.29, 1.82) is 0 Å². The molecule has 0 unspecified atom stereocenters. The lowest BCUT2D eigenvalue weighted by Crippen LogP contribution is -2.14. The van der Waals surface area contributed by atoms with Crippen molar-refractivity contribution in [2.45, 2.75) is 40.2 Å². The number of halogens is 1. The summed E-state index contributed by atoms with van der Waals surface area (Å²) in [5, 5.41) is 15.8. The number of rotatable bonds is 7. The predicted molar refractivity (Wildman–Crippen MR) is 97.8 cm³/mol. The highest BCUT2D eigenvalue weighted by Crippen LogP contribution is 2.25. The maximum absolute atomic E-state index is 14.2. The van der Waals surface area contributed by atoms with Crippen molar-refractivity contribution in [3.05, 3.63) is 47.4 Å². The van der Waals surface area contributed by atoms with Gasteiger partial charge in [-0.3, -0.25) is 5.01 Å². The molecule has 0 saturated heterocycles. The Morgan fingerprint density at radius 3 is 2.72 bits per heavy atom. The molecule has 1 N–H and O–H groups in total. The van der Waals surface area contributed by atoms with Gasteiger partial charge in [-0.25, -0.2) is 0 Å². The second-order valence-corrected chi connectivity index (χ2v) is 5.93. The molecule has 25 heavy (non-hydrogen) atoms. The van der Waals surface area contributed by atoms with E-state index in [0.717, 1.165) is 24.1 Å². The Bertz CT molecular complexity index is 742. The second kappa shape index (κ2) is 8.46. The number of anilines is 1. The molecule has 0 bridgehead atoms. The zero-order chi connectivity index (χ0) is 18.4. The lowest BCUT2D eigenvalue weighted by atomic mass is 10.1. The first-order valence-electron chi connectivity index (χ1n) is 8.27. The molecular formula is C19H24FN3O2. The topological polar surface area (TPSA) is 58.0 Å². The zero-order valence-corrected chi connectivity index (χ0v) is 15.1. The Hall–Kier alpha value is -2.63. The number of aromatic hydroxyl groups is 1. The molecular weight excluding hydrogens is 321 g/mol. The van der Waals surface area contributed by atoms with E-state index in [9.17, 15) is 9.50 Å². The number of benzene rings is 1. The Kier molecular flexibility index (Phi) is 6.33. The molecule has 1 aromatic heterocycles. The van der Waals surface area contributed by atoms with Crippen molar-refractivity contribution in [1.82, 2.24) is 4.98 Å². The van der Waals surface area contributed by atoms with Crippen LogP contribution in [0.15, 0.2) is 35.4 Å². The van der Waals surface area contributed by atoms with Crippen LogP contribution in [-0.4, -0.2) is 22.8 Å². The number of hydrogen-bond donors (Lipinski definition) is 1. The van der Waals surface area contributed by atoms with E-state index in [0.29, 0.717) is 11.4 Å². The smallest absolute Gasteiger partial charge is 0.257 e. The summed E-state index contributed by atoms with van der Waals surface area (Å²) in [5.74, 6) is -0.140. The molecule has 0 spiro atoms. The van der Waals surface area contributed by atoms with E-state index in [1.54, 1.807) is 30.3 Å². The third kappa shape index (κ3) is 4.92. The predicted octanol–water partition coefficient (Wildman–Crippen LogP) is 4.43. The number of phenolic OH excluding ortho intramolecular Hbond substituents is 1. The van der Waals surface area contributed by atoms with Gasteiger partial charge in [-0.05, 0) is 44.0 Å². The monoisotopic (exact) mass is 345 g/mol. The van der Waals surface area contributed by atoms with Gasteiger partial charge in [0.15, 0.2) is 11.6 Å². The Balaban J connectivity index is 2.10. The van der Waals surface area contributed by atoms with Crippen LogP contribution in [0.1, 0.15) is 37.8 Å². The van der Waals surface area contributed by atoms with E-state index >= 15 is 0 Å². The van der Waals surface area contributed by atoms with Gasteiger partial charge >= 0.3 is 0 Å². The van der Waals surface area contributed by atoms with Crippen LogP contribution in [0.25, 0.3) is 0 Å². The molecule has 1 aromatic carbocycles. The first-order valence-corrected chi connectivity index (χ1v) is 8.27. The van der Waals surface area contributed by atoms with Gasteiger partial charge in [0.1, 0.15) is 12.4 Å².